The molecule has 6 nitrogen and oxygen atoms in total. The quantitative estimate of drug-likeness (QED) is 0.196. The fraction of sp³-hybridized carbons (Fsp3) is 0.588. The molecule has 0 aromatic heterocycles. The van der Waals surface area contributed by atoms with Crippen LogP contribution < -0.4 is 15.4 Å². The molecule has 1 unspecified atom stereocenters. The van der Waals surface area contributed by atoms with Crippen LogP contribution in [0.2, 0.25) is 0 Å². The third kappa shape index (κ3) is 11.1. The molecule has 162 valence electrons. The van der Waals surface area contributed by atoms with Gasteiger partial charge in [-0.3, -0.25) is 4.99 Å². The zero-order valence-electron chi connectivity index (χ0n) is 16.1. The summed E-state index contributed by atoms with van der Waals surface area (Å²) in [7, 11) is -3.24. The van der Waals surface area contributed by atoms with Gasteiger partial charge < -0.3 is 10.6 Å². The Bertz CT molecular complexity index is 727. The minimum atomic E-state index is -4.35. The molecule has 1 rings (SSSR count). The first-order chi connectivity index (χ1) is 12.5. The summed E-state index contributed by atoms with van der Waals surface area (Å²) in [6, 6.07) is 5.34. The van der Waals surface area contributed by atoms with Crippen LogP contribution in [0, 0.1) is 0 Å². The highest BCUT2D eigenvalue weighted by atomic mass is 127. The van der Waals surface area contributed by atoms with E-state index in [-0.39, 0.29) is 36.4 Å². The van der Waals surface area contributed by atoms with Crippen LogP contribution in [0.1, 0.15) is 37.3 Å². The van der Waals surface area contributed by atoms with E-state index in [1.165, 1.54) is 12.1 Å². The van der Waals surface area contributed by atoms with Gasteiger partial charge in [0.05, 0.1) is 11.8 Å². The monoisotopic (exact) mass is 536 g/mol. The molecule has 1 aromatic carbocycles. The van der Waals surface area contributed by atoms with Gasteiger partial charge in [-0.05, 0) is 30.9 Å². The molecule has 0 aliphatic heterocycles. The van der Waals surface area contributed by atoms with Crippen LogP contribution in [0.5, 0.6) is 0 Å². The fourth-order valence-electron chi connectivity index (χ4n) is 2.32. The van der Waals surface area contributed by atoms with Crippen LogP contribution >= 0.6 is 24.0 Å². The number of hydrogen-bond acceptors (Lipinski definition) is 3. The van der Waals surface area contributed by atoms with E-state index < -0.39 is 21.8 Å². The Morgan fingerprint density at radius 3 is 2.46 bits per heavy atom. The third-order valence-electron chi connectivity index (χ3n) is 3.74. The molecule has 0 fully saturated rings. The Morgan fingerprint density at radius 1 is 1.21 bits per heavy atom. The van der Waals surface area contributed by atoms with Gasteiger partial charge in [0.1, 0.15) is 0 Å². The number of aliphatic imine (C=N–C) groups is 1. The van der Waals surface area contributed by atoms with Crippen molar-refractivity contribution in [1.29, 1.82) is 0 Å². The predicted molar refractivity (Wildman–Crippen MR) is 117 cm³/mol. The molecule has 3 N–H and O–H groups in total. The van der Waals surface area contributed by atoms with Gasteiger partial charge in [0.15, 0.2) is 5.96 Å². The van der Waals surface area contributed by atoms with Crippen molar-refractivity contribution in [3.05, 3.63) is 35.4 Å². The van der Waals surface area contributed by atoms with E-state index in [1.807, 2.05) is 13.8 Å². The van der Waals surface area contributed by atoms with Crippen LogP contribution in [0.4, 0.5) is 13.2 Å². The van der Waals surface area contributed by atoms with Gasteiger partial charge in [-0.15, -0.1) is 24.0 Å². The molecule has 0 radical (unpaired) electrons. The fourth-order valence-corrected chi connectivity index (χ4v) is 2.79. The molecule has 11 heteroatoms. The molecule has 0 amide bonds. The first-order valence-electron chi connectivity index (χ1n) is 8.67. The van der Waals surface area contributed by atoms with Crippen molar-refractivity contribution in [2.75, 3.05) is 32.4 Å². The first kappa shape index (κ1) is 26.9. The second kappa shape index (κ2) is 12.5. The van der Waals surface area contributed by atoms with Crippen molar-refractivity contribution in [1.82, 2.24) is 15.4 Å². The van der Waals surface area contributed by atoms with Crippen LogP contribution in [-0.4, -0.2) is 46.8 Å². The van der Waals surface area contributed by atoms with Gasteiger partial charge in [0.25, 0.3) is 0 Å². The molecule has 0 bridgehead atoms. The van der Waals surface area contributed by atoms with Gasteiger partial charge in [0, 0.05) is 26.2 Å². The van der Waals surface area contributed by atoms with Gasteiger partial charge >= 0.3 is 6.18 Å². The molecule has 28 heavy (non-hydrogen) atoms. The van der Waals surface area contributed by atoms with Crippen molar-refractivity contribution in [3.63, 3.8) is 0 Å². The molecule has 0 spiro atoms. The van der Waals surface area contributed by atoms with E-state index in [4.69, 9.17) is 0 Å². The summed E-state index contributed by atoms with van der Waals surface area (Å²) in [5.74, 6) is 0.454. The zero-order chi connectivity index (χ0) is 20.5. The lowest BCUT2D eigenvalue weighted by Crippen LogP contribution is -2.41. The first-order valence-corrected chi connectivity index (χ1v) is 10.6. The number of nitrogens with one attached hydrogen (secondary N) is 3. The molecule has 0 saturated heterocycles. The van der Waals surface area contributed by atoms with E-state index in [0.717, 1.165) is 12.3 Å². The van der Waals surface area contributed by atoms with Gasteiger partial charge in [-0.1, -0.05) is 25.1 Å². The Morgan fingerprint density at radius 2 is 1.89 bits per heavy atom. The molecule has 0 aliphatic carbocycles. The maximum Gasteiger partial charge on any atom is 0.416 e. The number of benzene rings is 1. The van der Waals surface area contributed by atoms with E-state index >= 15 is 0 Å². The summed E-state index contributed by atoms with van der Waals surface area (Å²) in [6.45, 7) is 5.41. The molecule has 0 saturated carbocycles. The lowest BCUT2D eigenvalue weighted by Gasteiger charge is -2.15. The highest BCUT2D eigenvalue weighted by molar-refractivity contribution is 14.0. The molecule has 0 heterocycles. The standard InChI is InChI=1S/C17H27F3N4O2S.HI/c1-4-21-16(23-10-11-24-27(3,25)26)22-9-8-13(2)14-6-5-7-15(12-14)17(18,19)20;/h5-7,12-13,24H,4,8-11H2,1-3H3,(H2,21,22,23);1H. The number of hydrogen-bond donors (Lipinski definition) is 3. The minimum Gasteiger partial charge on any atom is -0.357 e. The molecular weight excluding hydrogens is 508 g/mol. The number of guanidine groups is 1. The number of sulfonamides is 1. The van der Waals surface area contributed by atoms with Crippen molar-refractivity contribution < 1.29 is 21.6 Å². The van der Waals surface area contributed by atoms with Crippen molar-refractivity contribution in [3.8, 4) is 0 Å². The number of nitrogens with zero attached hydrogens (tertiary/aromatic N) is 1. The lowest BCUT2D eigenvalue weighted by atomic mass is 9.96. The molecular formula is C17H28F3IN4O2S. The van der Waals surface area contributed by atoms with Gasteiger partial charge in [0.2, 0.25) is 10.0 Å². The third-order valence-corrected chi connectivity index (χ3v) is 4.47. The van der Waals surface area contributed by atoms with Gasteiger partial charge in [-0.2, -0.15) is 13.2 Å². The molecule has 0 aliphatic rings. The Balaban J connectivity index is 0.00000729. The second-order valence-electron chi connectivity index (χ2n) is 6.17. The average molecular weight is 536 g/mol. The average Bonchev–Trinajstić information content (AvgIpc) is 2.57. The van der Waals surface area contributed by atoms with Crippen molar-refractivity contribution in [2.45, 2.75) is 32.4 Å². The molecule has 1 atom stereocenters. The summed E-state index contributed by atoms with van der Waals surface area (Å²) in [4.78, 5) is 4.38. The number of halogens is 4. The summed E-state index contributed by atoms with van der Waals surface area (Å²) >= 11 is 0. The Kier molecular flexibility index (Phi) is 12.0. The summed E-state index contributed by atoms with van der Waals surface area (Å²) < 4.78 is 62.8. The second-order valence-corrected chi connectivity index (χ2v) is 8.00. The smallest absolute Gasteiger partial charge is 0.357 e. The predicted octanol–water partition coefficient (Wildman–Crippen LogP) is 2.92. The van der Waals surface area contributed by atoms with E-state index in [9.17, 15) is 21.6 Å². The number of rotatable bonds is 9. The van der Waals surface area contributed by atoms with Crippen LogP contribution in [0.3, 0.4) is 0 Å². The topological polar surface area (TPSA) is 82.6 Å². The highest BCUT2D eigenvalue weighted by Gasteiger charge is 2.30. The highest BCUT2D eigenvalue weighted by Crippen LogP contribution is 2.31. The molecule has 1 aromatic rings. The van der Waals surface area contributed by atoms with E-state index in [1.54, 1.807) is 6.07 Å². The van der Waals surface area contributed by atoms with Gasteiger partial charge in [-0.25, -0.2) is 13.1 Å². The maximum atomic E-state index is 12.8. The normalized spacial score (nSPS) is 13.6. The summed E-state index contributed by atoms with van der Waals surface area (Å²) in [5.41, 5.74) is -0.0286. The Hall–Kier alpha value is -1.08. The number of alkyl halides is 3. The van der Waals surface area contributed by atoms with Crippen LogP contribution in [0.15, 0.2) is 29.3 Å². The minimum absolute atomic E-state index is 0. The lowest BCUT2D eigenvalue weighted by molar-refractivity contribution is -0.137. The van der Waals surface area contributed by atoms with Crippen molar-refractivity contribution in [2.24, 2.45) is 4.99 Å². The van der Waals surface area contributed by atoms with E-state index in [2.05, 4.69) is 20.3 Å². The van der Waals surface area contributed by atoms with Crippen molar-refractivity contribution >= 4 is 40.0 Å². The van der Waals surface area contributed by atoms with Crippen LogP contribution in [0.25, 0.3) is 0 Å². The largest absolute Gasteiger partial charge is 0.416 e. The summed E-state index contributed by atoms with van der Waals surface area (Å²) in [5, 5.41) is 6.03. The van der Waals surface area contributed by atoms with Crippen LogP contribution in [-0.2, 0) is 16.2 Å². The zero-order valence-corrected chi connectivity index (χ0v) is 19.3. The SMILES string of the molecule is CCNC(=NCCC(C)c1cccc(C(F)(F)F)c1)NCCNS(C)(=O)=O.I. The summed E-state index contributed by atoms with van der Waals surface area (Å²) in [6.07, 6.45) is -2.68. The maximum absolute atomic E-state index is 12.8. The van der Waals surface area contributed by atoms with E-state index in [0.29, 0.717) is 37.6 Å². The Labute approximate surface area is 181 Å².